The Morgan fingerprint density at radius 2 is 1.79 bits per heavy atom. The number of nitrogens with one attached hydrogen (secondary N) is 1. The number of anilines is 1. The molecule has 0 aliphatic carbocycles. The zero-order valence-electron chi connectivity index (χ0n) is 16.3. The molecule has 2 amide bonds. The fraction of sp³-hybridized carbons (Fsp3) is 0.364. The number of hydrogen-bond donors (Lipinski definition) is 1. The number of urea groups is 1. The van der Waals surface area contributed by atoms with Gasteiger partial charge < -0.3 is 19.7 Å². The van der Waals surface area contributed by atoms with Crippen molar-refractivity contribution < 1.29 is 14.3 Å². The second-order valence-corrected chi connectivity index (χ2v) is 7.21. The molecule has 1 N–H and O–H groups in total. The molecule has 29 heavy (non-hydrogen) atoms. The van der Waals surface area contributed by atoms with E-state index in [0.29, 0.717) is 42.5 Å². The van der Waals surface area contributed by atoms with Crippen molar-refractivity contribution in [2.45, 2.75) is 13.0 Å². The van der Waals surface area contributed by atoms with Crippen LogP contribution in [-0.2, 0) is 6.54 Å². The number of ether oxygens (including phenoxy) is 2. The zero-order valence-corrected chi connectivity index (χ0v) is 16.3. The maximum Gasteiger partial charge on any atom is 0.321 e. The first-order valence-corrected chi connectivity index (χ1v) is 9.88. The second-order valence-electron chi connectivity index (χ2n) is 7.21. The van der Waals surface area contributed by atoms with E-state index >= 15 is 0 Å². The number of hydrogen-bond acceptors (Lipinski definition) is 5. The maximum atomic E-state index is 12.7. The highest BCUT2D eigenvalue weighted by molar-refractivity contribution is 5.89. The van der Waals surface area contributed by atoms with Crippen LogP contribution in [0.2, 0.25) is 0 Å². The largest absolute Gasteiger partial charge is 0.486 e. The summed E-state index contributed by atoms with van der Waals surface area (Å²) in [7, 11) is 0. The van der Waals surface area contributed by atoms with Gasteiger partial charge in [0.2, 0.25) is 0 Å². The molecule has 0 aromatic heterocycles. The quantitative estimate of drug-likeness (QED) is 0.869. The number of amides is 2. The smallest absolute Gasteiger partial charge is 0.321 e. The summed E-state index contributed by atoms with van der Waals surface area (Å²) in [6.07, 6.45) is 0.921. The van der Waals surface area contributed by atoms with Gasteiger partial charge in [-0.25, -0.2) is 4.79 Å². The summed E-state index contributed by atoms with van der Waals surface area (Å²) in [5.41, 5.74) is 2.56. The first-order chi connectivity index (χ1) is 14.2. The summed E-state index contributed by atoms with van der Waals surface area (Å²) in [6, 6.07) is 15.2. The van der Waals surface area contributed by atoms with E-state index in [1.165, 1.54) is 5.56 Å². The summed E-state index contributed by atoms with van der Waals surface area (Å²) in [4.78, 5) is 16.9. The molecule has 7 heteroatoms. The molecule has 0 saturated carbocycles. The molecule has 2 aromatic carbocycles. The van der Waals surface area contributed by atoms with Crippen molar-refractivity contribution in [2.24, 2.45) is 0 Å². The van der Waals surface area contributed by atoms with Gasteiger partial charge in [-0.05, 0) is 36.2 Å². The van der Waals surface area contributed by atoms with E-state index in [2.05, 4.69) is 16.3 Å². The third-order valence-electron chi connectivity index (χ3n) is 5.16. The molecule has 7 nitrogen and oxygen atoms in total. The van der Waals surface area contributed by atoms with E-state index in [4.69, 9.17) is 14.7 Å². The van der Waals surface area contributed by atoms with Gasteiger partial charge in [0.1, 0.15) is 13.2 Å². The fourth-order valence-electron chi connectivity index (χ4n) is 3.60. The first kappa shape index (κ1) is 19.1. The van der Waals surface area contributed by atoms with Crippen molar-refractivity contribution in [2.75, 3.05) is 44.7 Å². The normalized spacial score (nSPS) is 16.6. The Bertz CT molecular complexity index is 907. The van der Waals surface area contributed by atoms with Crippen molar-refractivity contribution >= 4 is 11.7 Å². The van der Waals surface area contributed by atoms with Crippen molar-refractivity contribution in [3.8, 4) is 17.6 Å². The average molecular weight is 392 g/mol. The summed E-state index contributed by atoms with van der Waals surface area (Å²) >= 11 is 0. The molecule has 1 fully saturated rings. The number of carbonyl (C=O) groups excluding carboxylic acids is 1. The molecule has 2 aliphatic rings. The Morgan fingerprint density at radius 3 is 2.59 bits per heavy atom. The van der Waals surface area contributed by atoms with Crippen LogP contribution < -0.4 is 14.8 Å². The van der Waals surface area contributed by atoms with Gasteiger partial charge in [-0.3, -0.25) is 4.90 Å². The lowest BCUT2D eigenvalue weighted by atomic mass is 10.1. The molecule has 2 aliphatic heterocycles. The minimum Gasteiger partial charge on any atom is -0.486 e. The Balaban J connectivity index is 1.32. The highest BCUT2D eigenvalue weighted by Crippen LogP contribution is 2.32. The van der Waals surface area contributed by atoms with Crippen LogP contribution in [0.25, 0.3) is 0 Å². The Hall–Kier alpha value is -3.24. The highest BCUT2D eigenvalue weighted by atomic mass is 16.6. The number of fused-ring (bicyclic) bond motifs is 1. The molecule has 2 aromatic rings. The molecule has 0 atom stereocenters. The molecule has 0 bridgehead atoms. The van der Waals surface area contributed by atoms with E-state index < -0.39 is 0 Å². The van der Waals surface area contributed by atoms with Crippen LogP contribution in [0, 0.1) is 11.3 Å². The van der Waals surface area contributed by atoms with Crippen LogP contribution in [0.1, 0.15) is 17.5 Å². The van der Waals surface area contributed by atoms with Gasteiger partial charge in [0.25, 0.3) is 0 Å². The van der Waals surface area contributed by atoms with E-state index in [-0.39, 0.29) is 6.03 Å². The Kier molecular flexibility index (Phi) is 5.82. The predicted octanol–water partition coefficient (Wildman–Crippen LogP) is 3.07. The summed E-state index contributed by atoms with van der Waals surface area (Å²) < 4.78 is 11.1. The van der Waals surface area contributed by atoms with E-state index in [1.54, 1.807) is 6.07 Å². The van der Waals surface area contributed by atoms with Crippen LogP contribution in [0.4, 0.5) is 10.5 Å². The molecule has 1 saturated heterocycles. The lowest BCUT2D eigenvalue weighted by Crippen LogP contribution is -2.38. The minimum atomic E-state index is -0.0955. The third-order valence-corrected chi connectivity index (χ3v) is 5.16. The summed E-state index contributed by atoms with van der Waals surface area (Å²) in [6.45, 7) is 5.04. The molecular weight excluding hydrogens is 368 g/mol. The van der Waals surface area contributed by atoms with Gasteiger partial charge in [0.05, 0.1) is 11.6 Å². The molecule has 0 unspecified atom stereocenters. The van der Waals surface area contributed by atoms with Crippen LogP contribution in [0.15, 0.2) is 42.5 Å². The third kappa shape index (κ3) is 4.79. The van der Waals surface area contributed by atoms with Gasteiger partial charge in [-0.2, -0.15) is 5.26 Å². The highest BCUT2D eigenvalue weighted by Gasteiger charge is 2.20. The number of nitriles is 1. The Labute approximate surface area is 170 Å². The fourth-order valence-corrected chi connectivity index (χ4v) is 3.60. The van der Waals surface area contributed by atoms with E-state index in [1.807, 2.05) is 41.3 Å². The standard InChI is InChI=1S/C22H24N4O3/c23-15-17-2-4-18(5-3-17)16-25-8-1-9-26(11-10-25)22(27)24-19-6-7-20-21(14-19)29-13-12-28-20/h2-7,14H,1,8-13,16H2,(H,24,27). The van der Waals surface area contributed by atoms with Crippen molar-refractivity contribution in [3.05, 3.63) is 53.6 Å². The number of benzene rings is 2. The molecule has 2 heterocycles. The predicted molar refractivity (Wildman–Crippen MR) is 109 cm³/mol. The van der Waals surface area contributed by atoms with Crippen LogP contribution in [0.3, 0.4) is 0 Å². The van der Waals surface area contributed by atoms with Crippen LogP contribution >= 0.6 is 0 Å². The van der Waals surface area contributed by atoms with Gasteiger partial charge in [-0.15, -0.1) is 0 Å². The molecule has 4 rings (SSSR count). The minimum absolute atomic E-state index is 0.0955. The van der Waals surface area contributed by atoms with Crippen molar-refractivity contribution in [1.82, 2.24) is 9.80 Å². The monoisotopic (exact) mass is 392 g/mol. The molecule has 0 spiro atoms. The molecule has 0 radical (unpaired) electrons. The second kappa shape index (κ2) is 8.84. The lowest BCUT2D eigenvalue weighted by molar-refractivity contribution is 0.171. The summed E-state index contributed by atoms with van der Waals surface area (Å²) in [5.74, 6) is 1.38. The maximum absolute atomic E-state index is 12.7. The van der Waals surface area contributed by atoms with Gasteiger partial charge in [-0.1, -0.05) is 12.1 Å². The van der Waals surface area contributed by atoms with Crippen molar-refractivity contribution in [3.63, 3.8) is 0 Å². The summed E-state index contributed by atoms with van der Waals surface area (Å²) in [5, 5.41) is 11.9. The lowest BCUT2D eigenvalue weighted by Gasteiger charge is -2.23. The zero-order chi connectivity index (χ0) is 20.1. The van der Waals surface area contributed by atoms with E-state index in [9.17, 15) is 4.79 Å². The van der Waals surface area contributed by atoms with Crippen LogP contribution in [0.5, 0.6) is 11.5 Å². The van der Waals surface area contributed by atoms with Gasteiger partial charge in [0, 0.05) is 44.5 Å². The van der Waals surface area contributed by atoms with Crippen LogP contribution in [-0.4, -0.2) is 55.2 Å². The van der Waals surface area contributed by atoms with E-state index in [0.717, 1.165) is 32.6 Å². The molecule has 150 valence electrons. The SMILES string of the molecule is N#Cc1ccc(CN2CCCN(C(=O)Nc3ccc4c(c3)OCCO4)CC2)cc1. The molecular formula is C22H24N4O3. The number of rotatable bonds is 3. The van der Waals surface area contributed by atoms with Gasteiger partial charge >= 0.3 is 6.03 Å². The van der Waals surface area contributed by atoms with Gasteiger partial charge in [0.15, 0.2) is 11.5 Å². The Morgan fingerprint density at radius 1 is 1.00 bits per heavy atom. The first-order valence-electron chi connectivity index (χ1n) is 9.88. The van der Waals surface area contributed by atoms with Crippen molar-refractivity contribution in [1.29, 1.82) is 5.26 Å². The average Bonchev–Trinajstić information content (AvgIpc) is 3.00. The topological polar surface area (TPSA) is 77.8 Å². The number of nitrogens with zero attached hydrogens (tertiary/aromatic N) is 3. The number of carbonyl (C=O) groups is 1.